The molecule has 0 saturated carbocycles. The summed E-state index contributed by atoms with van der Waals surface area (Å²) in [5.74, 6) is 0.327. The fourth-order valence-electron chi connectivity index (χ4n) is 1.76. The zero-order chi connectivity index (χ0) is 14.1. The number of hydrogen-bond donors (Lipinski definition) is 0. The van der Waals surface area contributed by atoms with Gasteiger partial charge >= 0.3 is 5.97 Å². The Kier molecular flexibility index (Phi) is 6.18. The second-order valence-electron chi connectivity index (χ2n) is 4.50. The molecular weight excluding hydrogens is 242 g/mol. The van der Waals surface area contributed by atoms with E-state index in [1.165, 1.54) is 6.08 Å². The Balaban J connectivity index is 2.28. The van der Waals surface area contributed by atoms with E-state index in [1.807, 2.05) is 18.1 Å². The topological polar surface area (TPSA) is 77.1 Å². The third-order valence-electron chi connectivity index (χ3n) is 2.97. The van der Waals surface area contributed by atoms with Crippen LogP contribution in [0.15, 0.2) is 23.9 Å². The normalized spacial score (nSPS) is 18.3. The van der Waals surface area contributed by atoms with E-state index in [1.54, 1.807) is 18.2 Å². The minimum absolute atomic E-state index is 0.0869. The van der Waals surface area contributed by atoms with Gasteiger partial charge in [-0.25, -0.2) is 0 Å². The molecule has 1 aliphatic heterocycles. The van der Waals surface area contributed by atoms with Crippen molar-refractivity contribution in [1.29, 1.82) is 10.5 Å². The van der Waals surface area contributed by atoms with Crippen molar-refractivity contribution in [3.8, 4) is 12.1 Å². The highest BCUT2D eigenvalue weighted by molar-refractivity contribution is 5.69. The van der Waals surface area contributed by atoms with Crippen LogP contribution in [0.5, 0.6) is 0 Å². The third-order valence-corrected chi connectivity index (χ3v) is 2.97. The van der Waals surface area contributed by atoms with Gasteiger partial charge in [-0.15, -0.1) is 0 Å². The molecular formula is C14H17N3O2. The Bertz CT molecular complexity index is 428. The van der Waals surface area contributed by atoms with Gasteiger partial charge in [-0.3, -0.25) is 4.79 Å². The number of carbonyl (C=O) groups is 1. The number of allylic oxidation sites excluding steroid dienone is 3. The second kappa shape index (κ2) is 7.94. The second-order valence-corrected chi connectivity index (χ2v) is 4.50. The van der Waals surface area contributed by atoms with Gasteiger partial charge in [-0.1, -0.05) is 0 Å². The Morgan fingerprint density at radius 2 is 2.26 bits per heavy atom. The number of rotatable bonds is 5. The average molecular weight is 259 g/mol. The predicted octanol–water partition coefficient (Wildman–Crippen LogP) is 1.75. The number of carbonyl (C=O) groups excluding carboxylic acids is 1. The predicted molar refractivity (Wildman–Crippen MR) is 69.4 cm³/mol. The van der Waals surface area contributed by atoms with Crippen LogP contribution < -0.4 is 0 Å². The van der Waals surface area contributed by atoms with Gasteiger partial charge < -0.3 is 9.64 Å². The summed E-state index contributed by atoms with van der Waals surface area (Å²) in [5.41, 5.74) is 0.0869. The molecule has 0 amide bonds. The summed E-state index contributed by atoms with van der Waals surface area (Å²) in [4.78, 5) is 12.9. The third kappa shape index (κ3) is 5.74. The molecule has 0 N–H and O–H groups in total. The molecule has 100 valence electrons. The minimum Gasteiger partial charge on any atom is -0.465 e. The summed E-state index contributed by atoms with van der Waals surface area (Å²) >= 11 is 0. The fraction of sp³-hybridized carbons (Fsp3) is 0.500. The van der Waals surface area contributed by atoms with Gasteiger partial charge in [0, 0.05) is 20.0 Å². The van der Waals surface area contributed by atoms with Crippen LogP contribution in [0.1, 0.15) is 19.3 Å². The molecule has 5 nitrogen and oxygen atoms in total. The van der Waals surface area contributed by atoms with Crippen molar-refractivity contribution >= 4 is 5.97 Å². The quantitative estimate of drug-likeness (QED) is 0.427. The maximum atomic E-state index is 10.9. The summed E-state index contributed by atoms with van der Waals surface area (Å²) < 4.78 is 5.01. The summed E-state index contributed by atoms with van der Waals surface area (Å²) in [6.45, 7) is 1.37. The van der Waals surface area contributed by atoms with E-state index in [2.05, 4.69) is 0 Å². The van der Waals surface area contributed by atoms with E-state index in [0.29, 0.717) is 18.9 Å². The number of esters is 1. The van der Waals surface area contributed by atoms with Crippen LogP contribution in [0.4, 0.5) is 0 Å². The molecule has 1 aliphatic rings. The standard InChI is InChI=1S/C14H17N3O2/c1-17(7-2-3-13(9-15)10-16)8-6-12-4-5-14(18)19-11-12/h2-3,7,12H,4-6,8,11H2,1H3/b7-2+. The molecule has 1 saturated heterocycles. The fourth-order valence-corrected chi connectivity index (χ4v) is 1.76. The van der Waals surface area contributed by atoms with Crippen molar-refractivity contribution < 1.29 is 9.53 Å². The van der Waals surface area contributed by atoms with Crippen molar-refractivity contribution in [2.45, 2.75) is 19.3 Å². The van der Waals surface area contributed by atoms with E-state index in [0.717, 1.165) is 19.4 Å². The summed E-state index contributed by atoms with van der Waals surface area (Å²) in [5, 5.41) is 17.1. The van der Waals surface area contributed by atoms with Crippen molar-refractivity contribution in [2.75, 3.05) is 20.2 Å². The van der Waals surface area contributed by atoms with Gasteiger partial charge in [0.25, 0.3) is 0 Å². The Morgan fingerprint density at radius 3 is 2.84 bits per heavy atom. The Morgan fingerprint density at radius 1 is 1.53 bits per heavy atom. The number of ether oxygens (including phenoxy) is 1. The Labute approximate surface area is 113 Å². The zero-order valence-corrected chi connectivity index (χ0v) is 11.0. The molecule has 0 bridgehead atoms. The number of nitriles is 2. The van der Waals surface area contributed by atoms with Gasteiger partial charge in [0.2, 0.25) is 0 Å². The van der Waals surface area contributed by atoms with Crippen LogP contribution in [0, 0.1) is 28.6 Å². The van der Waals surface area contributed by atoms with E-state index in [-0.39, 0.29) is 11.5 Å². The molecule has 19 heavy (non-hydrogen) atoms. The maximum Gasteiger partial charge on any atom is 0.305 e. The van der Waals surface area contributed by atoms with Crippen LogP contribution in [0.3, 0.4) is 0 Å². The molecule has 0 aliphatic carbocycles. The number of hydrogen-bond acceptors (Lipinski definition) is 5. The molecule has 0 aromatic carbocycles. The molecule has 0 spiro atoms. The smallest absolute Gasteiger partial charge is 0.305 e. The lowest BCUT2D eigenvalue weighted by Crippen LogP contribution is -2.25. The van der Waals surface area contributed by atoms with Gasteiger partial charge in [-0.05, 0) is 37.1 Å². The van der Waals surface area contributed by atoms with Crippen molar-refractivity contribution in [2.24, 2.45) is 5.92 Å². The van der Waals surface area contributed by atoms with Crippen LogP contribution in [-0.4, -0.2) is 31.1 Å². The highest BCUT2D eigenvalue weighted by atomic mass is 16.5. The molecule has 5 heteroatoms. The van der Waals surface area contributed by atoms with Crippen LogP contribution in [0.2, 0.25) is 0 Å². The lowest BCUT2D eigenvalue weighted by molar-refractivity contribution is -0.149. The monoisotopic (exact) mass is 259 g/mol. The molecule has 1 unspecified atom stereocenters. The maximum absolute atomic E-state index is 10.9. The molecule has 1 atom stereocenters. The first-order valence-corrected chi connectivity index (χ1v) is 6.20. The van der Waals surface area contributed by atoms with Gasteiger partial charge in [0.15, 0.2) is 0 Å². The first kappa shape index (κ1) is 14.8. The summed E-state index contributed by atoms with van der Waals surface area (Å²) in [6.07, 6.45) is 7.36. The van der Waals surface area contributed by atoms with E-state index >= 15 is 0 Å². The van der Waals surface area contributed by atoms with Gasteiger partial charge in [0.1, 0.15) is 17.7 Å². The molecule has 1 heterocycles. The van der Waals surface area contributed by atoms with Crippen molar-refractivity contribution in [3.63, 3.8) is 0 Å². The lowest BCUT2D eigenvalue weighted by Gasteiger charge is -2.23. The van der Waals surface area contributed by atoms with Crippen molar-refractivity contribution in [3.05, 3.63) is 23.9 Å². The first-order chi connectivity index (χ1) is 9.15. The van der Waals surface area contributed by atoms with E-state index in [4.69, 9.17) is 15.3 Å². The molecule has 0 aromatic heterocycles. The molecule has 0 radical (unpaired) electrons. The molecule has 1 fully saturated rings. The van der Waals surface area contributed by atoms with Gasteiger partial charge in [-0.2, -0.15) is 10.5 Å². The van der Waals surface area contributed by atoms with Crippen LogP contribution >= 0.6 is 0 Å². The van der Waals surface area contributed by atoms with Gasteiger partial charge in [0.05, 0.1) is 6.61 Å². The highest BCUT2D eigenvalue weighted by Crippen LogP contribution is 2.18. The Hall–Kier alpha value is -2.27. The average Bonchev–Trinajstić information content (AvgIpc) is 2.43. The molecule has 0 aromatic rings. The van der Waals surface area contributed by atoms with E-state index < -0.39 is 0 Å². The number of nitrogens with zero attached hydrogens (tertiary/aromatic N) is 3. The summed E-state index contributed by atoms with van der Waals surface area (Å²) in [6, 6.07) is 3.59. The first-order valence-electron chi connectivity index (χ1n) is 6.20. The van der Waals surface area contributed by atoms with E-state index in [9.17, 15) is 4.79 Å². The highest BCUT2D eigenvalue weighted by Gasteiger charge is 2.19. The van der Waals surface area contributed by atoms with Crippen LogP contribution in [0.25, 0.3) is 0 Å². The SMILES string of the molecule is CN(/C=C/C=C(C#N)C#N)CCC1CCC(=O)OC1. The lowest BCUT2D eigenvalue weighted by atomic mass is 9.98. The summed E-state index contributed by atoms with van der Waals surface area (Å²) in [7, 11) is 1.93. The number of cyclic esters (lactones) is 1. The van der Waals surface area contributed by atoms with Crippen LogP contribution in [-0.2, 0) is 9.53 Å². The minimum atomic E-state index is -0.102. The largest absolute Gasteiger partial charge is 0.465 e. The molecule has 1 rings (SSSR count). The van der Waals surface area contributed by atoms with Crippen molar-refractivity contribution in [1.82, 2.24) is 4.90 Å². The zero-order valence-electron chi connectivity index (χ0n) is 11.0.